The normalized spacial score (nSPS) is 10.5. The number of rotatable bonds is 4. The molecule has 0 aromatic heterocycles. The molecule has 0 bridgehead atoms. The topological polar surface area (TPSA) is 38.3 Å². The molecule has 1 amide bonds. The van der Waals surface area contributed by atoms with Gasteiger partial charge in [0.15, 0.2) is 0 Å². The van der Waals surface area contributed by atoms with E-state index in [9.17, 15) is 4.79 Å². The number of amides is 1. The van der Waals surface area contributed by atoms with Crippen molar-refractivity contribution in [3.05, 3.63) is 28.3 Å². The maximum absolute atomic E-state index is 11.9. The first-order valence-corrected chi connectivity index (χ1v) is 5.95. The average Bonchev–Trinajstić information content (AvgIpc) is 2.28. The second kappa shape index (κ2) is 5.92. The van der Waals surface area contributed by atoms with Crippen LogP contribution < -0.4 is 10.1 Å². The number of hydrogen-bond acceptors (Lipinski definition) is 2. The summed E-state index contributed by atoms with van der Waals surface area (Å²) in [5, 5.41) is 3.41. The fraction of sp³-hybridized carbons (Fsp3) is 0.462. The van der Waals surface area contributed by atoms with Gasteiger partial charge in [-0.3, -0.25) is 4.79 Å². The summed E-state index contributed by atoms with van der Waals surface area (Å²) in [6, 6.07) is 3.41. The summed E-state index contributed by atoms with van der Waals surface area (Å²) in [5.74, 6) is 0.802. The molecule has 1 aromatic carbocycles. The van der Waals surface area contributed by atoms with Gasteiger partial charge in [-0.05, 0) is 30.5 Å². The standard InChI is InChI=1S/C13H18ClNO2/c1-8(2)7-15-13(16)10-6-11(14)9(3)5-12(10)17-4/h5-6,8H,7H2,1-4H3,(H,15,16). The minimum atomic E-state index is -0.155. The Hall–Kier alpha value is -1.22. The summed E-state index contributed by atoms with van der Waals surface area (Å²) in [6.07, 6.45) is 0. The minimum absolute atomic E-state index is 0.155. The van der Waals surface area contributed by atoms with Gasteiger partial charge >= 0.3 is 0 Å². The van der Waals surface area contributed by atoms with E-state index in [4.69, 9.17) is 16.3 Å². The Bertz CT molecular complexity index is 416. The van der Waals surface area contributed by atoms with Crippen molar-refractivity contribution in [2.24, 2.45) is 5.92 Å². The van der Waals surface area contributed by atoms with E-state index >= 15 is 0 Å². The lowest BCUT2D eigenvalue weighted by Gasteiger charge is -2.12. The quantitative estimate of drug-likeness (QED) is 0.898. The number of aryl methyl sites for hydroxylation is 1. The molecule has 0 fully saturated rings. The smallest absolute Gasteiger partial charge is 0.255 e. The second-order valence-corrected chi connectivity index (χ2v) is 4.81. The van der Waals surface area contributed by atoms with Crippen LogP contribution in [0.2, 0.25) is 5.02 Å². The molecule has 1 rings (SSSR count). The van der Waals surface area contributed by atoms with Gasteiger partial charge in [-0.25, -0.2) is 0 Å². The minimum Gasteiger partial charge on any atom is -0.496 e. The number of halogens is 1. The van der Waals surface area contributed by atoms with Crippen LogP contribution in [0.5, 0.6) is 5.75 Å². The maximum Gasteiger partial charge on any atom is 0.255 e. The second-order valence-electron chi connectivity index (χ2n) is 4.41. The molecule has 0 saturated heterocycles. The van der Waals surface area contributed by atoms with Crippen molar-refractivity contribution >= 4 is 17.5 Å². The van der Waals surface area contributed by atoms with Gasteiger partial charge in [-0.1, -0.05) is 25.4 Å². The SMILES string of the molecule is COc1cc(C)c(Cl)cc1C(=O)NCC(C)C. The van der Waals surface area contributed by atoms with Crippen LogP contribution in [0.4, 0.5) is 0 Å². The lowest BCUT2D eigenvalue weighted by atomic mass is 10.1. The summed E-state index contributed by atoms with van der Waals surface area (Å²) in [7, 11) is 1.54. The number of nitrogens with one attached hydrogen (secondary N) is 1. The molecule has 0 aliphatic rings. The summed E-state index contributed by atoms with van der Waals surface area (Å²) in [5.41, 5.74) is 1.37. The fourth-order valence-corrected chi connectivity index (χ4v) is 1.56. The van der Waals surface area contributed by atoms with E-state index < -0.39 is 0 Å². The number of methoxy groups -OCH3 is 1. The van der Waals surface area contributed by atoms with E-state index in [1.807, 2.05) is 20.8 Å². The average molecular weight is 256 g/mol. The Morgan fingerprint density at radius 3 is 2.65 bits per heavy atom. The summed E-state index contributed by atoms with van der Waals surface area (Å²) in [4.78, 5) is 11.9. The van der Waals surface area contributed by atoms with Crippen LogP contribution in [0.25, 0.3) is 0 Å². The molecule has 0 aliphatic heterocycles. The van der Waals surface area contributed by atoms with Crippen molar-refractivity contribution in [1.29, 1.82) is 0 Å². The molecule has 1 aromatic rings. The molecule has 17 heavy (non-hydrogen) atoms. The zero-order valence-electron chi connectivity index (χ0n) is 10.6. The van der Waals surface area contributed by atoms with Crippen LogP contribution in [-0.2, 0) is 0 Å². The number of carbonyl (C=O) groups excluding carboxylic acids is 1. The van der Waals surface area contributed by atoms with E-state index in [0.717, 1.165) is 5.56 Å². The summed E-state index contributed by atoms with van der Waals surface area (Å²) >= 11 is 6.01. The first-order chi connectivity index (χ1) is 7.95. The van der Waals surface area contributed by atoms with Gasteiger partial charge in [-0.2, -0.15) is 0 Å². The van der Waals surface area contributed by atoms with Gasteiger partial charge in [0.25, 0.3) is 5.91 Å². The third-order valence-corrected chi connectivity index (χ3v) is 2.80. The van der Waals surface area contributed by atoms with Crippen molar-refractivity contribution in [2.45, 2.75) is 20.8 Å². The van der Waals surface area contributed by atoms with Gasteiger partial charge in [0, 0.05) is 11.6 Å². The van der Waals surface area contributed by atoms with Crippen LogP contribution in [0.1, 0.15) is 29.8 Å². The molecule has 0 saturated carbocycles. The maximum atomic E-state index is 11.9. The third-order valence-electron chi connectivity index (χ3n) is 2.40. The Balaban J connectivity index is 2.96. The Labute approximate surface area is 107 Å². The molecule has 4 heteroatoms. The van der Waals surface area contributed by atoms with Crippen molar-refractivity contribution < 1.29 is 9.53 Å². The van der Waals surface area contributed by atoms with Crippen LogP contribution >= 0.6 is 11.6 Å². The van der Waals surface area contributed by atoms with Crippen LogP contribution in [-0.4, -0.2) is 19.6 Å². The van der Waals surface area contributed by atoms with Gasteiger partial charge in [-0.15, -0.1) is 0 Å². The van der Waals surface area contributed by atoms with E-state index in [1.165, 1.54) is 0 Å². The third kappa shape index (κ3) is 3.63. The number of hydrogen-bond donors (Lipinski definition) is 1. The van der Waals surface area contributed by atoms with Crippen molar-refractivity contribution in [2.75, 3.05) is 13.7 Å². The first kappa shape index (κ1) is 13.8. The fourth-order valence-electron chi connectivity index (χ4n) is 1.39. The Morgan fingerprint density at radius 2 is 2.12 bits per heavy atom. The lowest BCUT2D eigenvalue weighted by Crippen LogP contribution is -2.27. The zero-order valence-corrected chi connectivity index (χ0v) is 11.4. The number of benzene rings is 1. The van der Waals surface area contributed by atoms with E-state index in [1.54, 1.807) is 19.2 Å². The monoisotopic (exact) mass is 255 g/mol. The van der Waals surface area contributed by atoms with Gasteiger partial charge < -0.3 is 10.1 Å². The molecular formula is C13H18ClNO2. The van der Waals surface area contributed by atoms with Crippen molar-refractivity contribution in [3.63, 3.8) is 0 Å². The first-order valence-electron chi connectivity index (χ1n) is 5.58. The molecule has 0 heterocycles. The van der Waals surface area contributed by atoms with E-state index in [0.29, 0.717) is 28.8 Å². The van der Waals surface area contributed by atoms with Gasteiger partial charge in [0.1, 0.15) is 5.75 Å². The van der Waals surface area contributed by atoms with Crippen molar-refractivity contribution in [3.8, 4) is 5.75 Å². The molecule has 1 N–H and O–H groups in total. The highest BCUT2D eigenvalue weighted by Crippen LogP contribution is 2.26. The van der Waals surface area contributed by atoms with E-state index in [2.05, 4.69) is 5.32 Å². The summed E-state index contributed by atoms with van der Waals surface area (Å²) < 4.78 is 5.19. The molecule has 0 spiro atoms. The molecule has 0 unspecified atom stereocenters. The molecular weight excluding hydrogens is 238 g/mol. The number of carbonyl (C=O) groups is 1. The van der Waals surface area contributed by atoms with Crippen molar-refractivity contribution in [1.82, 2.24) is 5.32 Å². The van der Waals surface area contributed by atoms with Gasteiger partial charge in [0.05, 0.1) is 12.7 Å². The Morgan fingerprint density at radius 1 is 1.47 bits per heavy atom. The largest absolute Gasteiger partial charge is 0.496 e. The molecule has 0 atom stereocenters. The Kier molecular flexibility index (Phi) is 4.82. The molecule has 3 nitrogen and oxygen atoms in total. The molecule has 94 valence electrons. The zero-order chi connectivity index (χ0) is 13.0. The van der Waals surface area contributed by atoms with E-state index in [-0.39, 0.29) is 5.91 Å². The highest BCUT2D eigenvalue weighted by molar-refractivity contribution is 6.31. The van der Waals surface area contributed by atoms with Gasteiger partial charge in [0.2, 0.25) is 0 Å². The highest BCUT2D eigenvalue weighted by atomic mass is 35.5. The van der Waals surface area contributed by atoms with Crippen LogP contribution in [0.15, 0.2) is 12.1 Å². The predicted octanol–water partition coefficient (Wildman–Crippen LogP) is 3.04. The number of ether oxygens (including phenoxy) is 1. The molecule has 0 aliphatic carbocycles. The predicted molar refractivity (Wildman–Crippen MR) is 69.9 cm³/mol. The molecule has 0 radical (unpaired) electrons. The van der Waals surface area contributed by atoms with Crippen LogP contribution in [0.3, 0.4) is 0 Å². The highest BCUT2D eigenvalue weighted by Gasteiger charge is 2.14. The van der Waals surface area contributed by atoms with Crippen LogP contribution in [0, 0.1) is 12.8 Å². The lowest BCUT2D eigenvalue weighted by molar-refractivity contribution is 0.0946. The summed E-state index contributed by atoms with van der Waals surface area (Å²) in [6.45, 7) is 6.59.